The molecule has 0 saturated carbocycles. The van der Waals surface area contributed by atoms with E-state index >= 15 is 4.39 Å². The minimum Gasteiger partial charge on any atom is -0.292 e. The number of carbonyl (C=O) groups is 1. The normalized spacial score (nSPS) is 21.4. The van der Waals surface area contributed by atoms with Crippen LogP contribution in [0, 0.1) is 35.2 Å². The second kappa shape index (κ2) is 14.6. The molecule has 5 nitrogen and oxygen atoms in total. The van der Waals surface area contributed by atoms with Gasteiger partial charge in [-0.25, -0.2) is 18.2 Å². The topological polar surface area (TPSA) is 57.4 Å². The van der Waals surface area contributed by atoms with E-state index < -0.39 is 23.0 Å². The molecule has 248 valence electrons. The van der Waals surface area contributed by atoms with Crippen LogP contribution in [-0.4, -0.2) is 40.1 Å². The zero-order chi connectivity index (χ0) is 34.6. The fraction of sp³-hybridized carbons (Fsp3) is 0.385. The lowest BCUT2D eigenvalue weighted by Gasteiger charge is -2.29. The number of rotatable bonds is 9. The summed E-state index contributed by atoms with van der Waals surface area (Å²) in [6.07, 6.45) is 8.20. The Kier molecular flexibility index (Phi) is 11.0. The van der Waals surface area contributed by atoms with Gasteiger partial charge >= 0.3 is 0 Å². The summed E-state index contributed by atoms with van der Waals surface area (Å²) in [5.41, 5.74) is 4.26. The van der Waals surface area contributed by atoms with Crippen LogP contribution < -0.4 is 0 Å². The molecule has 2 heterocycles. The average molecular weight is 643 g/mol. The SMILES string of the molecule is C=CC(C)=N/C=C(\CC)c1ccc(C2=CC(Cc3ccc(F)c(F)c3)C(C)C(C)C(C(=O)N(CC)C3=NC(C)(C)C=C3C)=N2)cc1F. The molecule has 3 atom stereocenters. The molecule has 2 aliphatic heterocycles. The van der Waals surface area contributed by atoms with Crippen LogP contribution in [0.25, 0.3) is 11.3 Å². The van der Waals surface area contributed by atoms with Crippen molar-refractivity contribution in [3.05, 3.63) is 107 Å². The van der Waals surface area contributed by atoms with Gasteiger partial charge in [-0.1, -0.05) is 57.7 Å². The van der Waals surface area contributed by atoms with Crippen molar-refractivity contribution in [1.82, 2.24) is 4.90 Å². The number of aliphatic imine (C=N–C) groups is 3. The first-order valence-electron chi connectivity index (χ1n) is 16.2. The Hall–Kier alpha value is -4.33. The molecule has 0 aromatic heterocycles. The number of carbonyl (C=O) groups excluding carboxylic acids is 1. The van der Waals surface area contributed by atoms with Crippen molar-refractivity contribution < 1.29 is 18.0 Å². The molecule has 8 heteroatoms. The van der Waals surface area contributed by atoms with Crippen molar-refractivity contribution in [2.75, 3.05) is 6.54 Å². The van der Waals surface area contributed by atoms with Crippen LogP contribution in [0.5, 0.6) is 0 Å². The van der Waals surface area contributed by atoms with Crippen molar-refractivity contribution in [1.29, 1.82) is 0 Å². The third-order valence-electron chi connectivity index (χ3n) is 9.03. The van der Waals surface area contributed by atoms with Crippen LogP contribution in [0.1, 0.15) is 78.5 Å². The number of nitrogens with zero attached hydrogens (tertiary/aromatic N) is 4. The van der Waals surface area contributed by atoms with E-state index in [4.69, 9.17) is 9.98 Å². The number of allylic oxidation sites excluding steroid dienone is 3. The molecule has 0 radical (unpaired) electrons. The van der Waals surface area contributed by atoms with E-state index in [1.165, 1.54) is 12.1 Å². The standard InChI is InChI=1S/C39H45F3N4O/c1-10-24(5)43-22-28(11-2)31-15-14-29(19-33(31)41)35-20-30(17-27-13-16-32(40)34(42)18-27)25(6)26(7)36(44-35)38(47)46(12-3)37-23(4)21-39(8,9)45-37/h10,13-16,18-22,25-26,30H,1,11-12,17H2,2-9H3/b28-22+,43-24?. The Balaban J connectivity index is 1.83. The number of likely N-dealkylation sites (N-methyl/N-ethyl adjacent to an activating group) is 1. The highest BCUT2D eigenvalue weighted by atomic mass is 19.2. The Morgan fingerprint density at radius 2 is 1.79 bits per heavy atom. The van der Waals surface area contributed by atoms with Crippen molar-refractivity contribution in [3.63, 3.8) is 0 Å². The summed E-state index contributed by atoms with van der Waals surface area (Å²) in [4.78, 5) is 30.2. The van der Waals surface area contributed by atoms with E-state index in [0.29, 0.717) is 53.3 Å². The number of halogens is 3. The summed E-state index contributed by atoms with van der Waals surface area (Å²) in [7, 11) is 0. The second-order valence-corrected chi connectivity index (χ2v) is 13.0. The highest BCUT2D eigenvalue weighted by Crippen LogP contribution is 2.36. The first-order chi connectivity index (χ1) is 22.2. The van der Waals surface area contributed by atoms with Gasteiger partial charge in [0, 0.05) is 35.5 Å². The van der Waals surface area contributed by atoms with Gasteiger partial charge in [-0.2, -0.15) is 0 Å². The Bertz CT molecular complexity index is 1740. The molecular formula is C39H45F3N4O. The summed E-state index contributed by atoms with van der Waals surface area (Å²) in [5, 5.41) is 0. The molecule has 0 N–H and O–H groups in total. The summed E-state index contributed by atoms with van der Waals surface area (Å²) in [6.45, 7) is 19.7. The van der Waals surface area contributed by atoms with Gasteiger partial charge in [-0.15, -0.1) is 0 Å². The average Bonchev–Trinajstić information content (AvgIpc) is 3.24. The minimum absolute atomic E-state index is 0.120. The maximum absolute atomic E-state index is 15.8. The van der Waals surface area contributed by atoms with Crippen LogP contribution in [0.4, 0.5) is 13.2 Å². The fourth-order valence-electron chi connectivity index (χ4n) is 6.14. The number of benzene rings is 2. The highest BCUT2D eigenvalue weighted by molar-refractivity contribution is 6.43. The zero-order valence-electron chi connectivity index (χ0n) is 28.7. The van der Waals surface area contributed by atoms with Gasteiger partial charge in [-0.3, -0.25) is 19.7 Å². The quantitative estimate of drug-likeness (QED) is 0.252. The van der Waals surface area contributed by atoms with Crippen molar-refractivity contribution in [3.8, 4) is 0 Å². The van der Waals surface area contributed by atoms with Crippen LogP contribution >= 0.6 is 0 Å². The third-order valence-corrected chi connectivity index (χ3v) is 9.03. The molecule has 3 unspecified atom stereocenters. The van der Waals surface area contributed by atoms with E-state index in [1.54, 1.807) is 35.4 Å². The molecule has 0 spiro atoms. The monoisotopic (exact) mass is 642 g/mol. The van der Waals surface area contributed by atoms with Crippen molar-refractivity contribution >= 4 is 34.4 Å². The predicted molar refractivity (Wildman–Crippen MR) is 188 cm³/mol. The van der Waals surface area contributed by atoms with Gasteiger partial charge in [0.2, 0.25) is 0 Å². The molecule has 0 saturated heterocycles. The Morgan fingerprint density at radius 3 is 2.36 bits per heavy atom. The second-order valence-electron chi connectivity index (χ2n) is 13.0. The van der Waals surface area contributed by atoms with E-state index in [0.717, 1.165) is 22.9 Å². The number of hydrogen-bond donors (Lipinski definition) is 0. The molecule has 4 rings (SSSR count). The molecule has 0 bridgehead atoms. The summed E-state index contributed by atoms with van der Waals surface area (Å²) in [6, 6.07) is 8.84. The summed E-state index contributed by atoms with van der Waals surface area (Å²) >= 11 is 0. The molecule has 0 fully saturated rings. The van der Waals surface area contributed by atoms with Crippen LogP contribution in [0.3, 0.4) is 0 Å². The molecule has 47 heavy (non-hydrogen) atoms. The molecule has 0 aliphatic carbocycles. The number of amides is 1. The van der Waals surface area contributed by atoms with E-state index in [-0.39, 0.29) is 23.7 Å². The fourth-order valence-corrected chi connectivity index (χ4v) is 6.14. The van der Waals surface area contributed by atoms with Crippen LogP contribution in [0.15, 0.2) is 88.0 Å². The van der Waals surface area contributed by atoms with Gasteiger partial charge < -0.3 is 0 Å². The van der Waals surface area contributed by atoms with Crippen molar-refractivity contribution in [2.45, 2.75) is 73.8 Å². The third kappa shape index (κ3) is 7.98. The Morgan fingerprint density at radius 1 is 1.06 bits per heavy atom. The predicted octanol–water partition coefficient (Wildman–Crippen LogP) is 9.41. The largest absolute Gasteiger partial charge is 0.292 e. The molecule has 2 aromatic rings. The summed E-state index contributed by atoms with van der Waals surface area (Å²) < 4.78 is 43.8. The Labute approximate surface area is 277 Å². The van der Waals surface area contributed by atoms with Gasteiger partial charge in [0.1, 0.15) is 17.4 Å². The van der Waals surface area contributed by atoms with Gasteiger partial charge in [-0.05, 0) is 100 Å². The maximum Gasteiger partial charge on any atom is 0.274 e. The smallest absolute Gasteiger partial charge is 0.274 e. The van der Waals surface area contributed by atoms with E-state index in [1.807, 2.05) is 67.5 Å². The van der Waals surface area contributed by atoms with E-state index in [9.17, 15) is 13.6 Å². The van der Waals surface area contributed by atoms with Gasteiger partial charge in [0.25, 0.3) is 5.91 Å². The lowest BCUT2D eigenvalue weighted by molar-refractivity contribution is -0.120. The molecule has 1 amide bonds. The maximum atomic E-state index is 15.8. The van der Waals surface area contributed by atoms with Crippen LogP contribution in [0.2, 0.25) is 0 Å². The number of amidine groups is 1. The molecule has 2 aliphatic rings. The lowest BCUT2D eigenvalue weighted by atomic mass is 9.78. The minimum atomic E-state index is -0.916. The molecular weight excluding hydrogens is 597 g/mol. The summed E-state index contributed by atoms with van der Waals surface area (Å²) in [5.74, 6) is -2.57. The lowest BCUT2D eigenvalue weighted by Crippen LogP contribution is -2.44. The van der Waals surface area contributed by atoms with Crippen LogP contribution in [-0.2, 0) is 11.2 Å². The first-order valence-corrected chi connectivity index (χ1v) is 16.2. The van der Waals surface area contributed by atoms with Crippen molar-refractivity contribution in [2.24, 2.45) is 32.7 Å². The highest BCUT2D eigenvalue weighted by Gasteiger charge is 2.37. The number of hydrogen-bond acceptors (Lipinski definition) is 4. The van der Waals surface area contributed by atoms with Gasteiger partial charge in [0.05, 0.1) is 11.2 Å². The molecule has 2 aromatic carbocycles. The van der Waals surface area contributed by atoms with E-state index in [2.05, 4.69) is 11.6 Å². The van der Waals surface area contributed by atoms with Gasteiger partial charge in [0.15, 0.2) is 11.6 Å². The zero-order valence-corrected chi connectivity index (χ0v) is 28.7. The first kappa shape index (κ1) is 35.5.